The molecule has 0 radical (unpaired) electrons. The van der Waals surface area contributed by atoms with Crippen LogP contribution in [0.25, 0.3) is 16.4 Å². The van der Waals surface area contributed by atoms with Crippen molar-refractivity contribution in [3.05, 3.63) is 78.8 Å². The van der Waals surface area contributed by atoms with Crippen LogP contribution in [-0.4, -0.2) is 45.8 Å². The summed E-state index contributed by atoms with van der Waals surface area (Å²) < 4.78 is 7.88. The first-order valence-electron chi connectivity index (χ1n) is 12.6. The zero-order chi connectivity index (χ0) is 24.7. The Bertz CT molecular complexity index is 1430. The van der Waals surface area contributed by atoms with Gasteiger partial charge in [-0.3, -0.25) is 9.59 Å². The molecule has 0 unspecified atom stereocenters. The highest BCUT2D eigenvalue weighted by Crippen LogP contribution is 2.53. The van der Waals surface area contributed by atoms with Gasteiger partial charge >= 0.3 is 0 Å². The molecule has 2 amide bonds. The summed E-state index contributed by atoms with van der Waals surface area (Å²) in [5.41, 5.74) is 2.04. The Labute approximate surface area is 210 Å². The Morgan fingerprint density at radius 1 is 1.08 bits per heavy atom. The fraction of sp³-hybridized carbons (Fsp3) is 0.345. The van der Waals surface area contributed by atoms with E-state index in [-0.39, 0.29) is 29.9 Å². The number of pyridine rings is 1. The predicted molar refractivity (Wildman–Crippen MR) is 138 cm³/mol. The van der Waals surface area contributed by atoms with Gasteiger partial charge in [0.05, 0.1) is 17.9 Å². The zero-order valence-corrected chi connectivity index (χ0v) is 20.4. The third-order valence-electron chi connectivity index (χ3n) is 7.69. The minimum atomic E-state index is -0.109. The van der Waals surface area contributed by atoms with Crippen molar-refractivity contribution in [2.75, 3.05) is 19.7 Å². The van der Waals surface area contributed by atoms with E-state index in [0.717, 1.165) is 53.8 Å². The van der Waals surface area contributed by atoms with Crippen molar-refractivity contribution in [3.8, 4) is 5.75 Å². The number of carbonyl (C=O) groups excluding carboxylic acids is 2. The lowest BCUT2D eigenvalue weighted by Crippen LogP contribution is -2.64. The van der Waals surface area contributed by atoms with E-state index in [9.17, 15) is 9.59 Å². The summed E-state index contributed by atoms with van der Waals surface area (Å²) in [7, 11) is 0. The summed E-state index contributed by atoms with van der Waals surface area (Å²) in [4.78, 5) is 31.6. The molecule has 2 aliphatic rings. The molecule has 1 saturated carbocycles. The van der Waals surface area contributed by atoms with Crippen LogP contribution < -0.4 is 10.1 Å². The average molecular weight is 483 g/mol. The molecule has 1 saturated heterocycles. The van der Waals surface area contributed by atoms with Crippen LogP contribution in [0.1, 0.15) is 37.9 Å². The molecule has 7 nitrogen and oxygen atoms in total. The summed E-state index contributed by atoms with van der Waals surface area (Å²) in [5.74, 6) is 1.22. The Hall–Kier alpha value is -3.87. The lowest BCUT2D eigenvalue weighted by atomic mass is 9.57. The maximum atomic E-state index is 12.7. The molecular weight excluding hydrogens is 452 g/mol. The van der Waals surface area contributed by atoms with Crippen LogP contribution in [0.2, 0.25) is 0 Å². The molecule has 1 atom stereocenters. The van der Waals surface area contributed by atoms with E-state index < -0.39 is 0 Å². The summed E-state index contributed by atoms with van der Waals surface area (Å²) in [6.07, 6.45) is 6.31. The fourth-order valence-electron chi connectivity index (χ4n) is 5.97. The quantitative estimate of drug-likeness (QED) is 0.424. The zero-order valence-electron chi connectivity index (χ0n) is 20.4. The highest BCUT2D eigenvalue weighted by atomic mass is 16.5. The molecule has 184 valence electrons. The number of likely N-dealkylation sites (tertiary alicyclic amines) is 1. The minimum absolute atomic E-state index is 0.0246. The molecule has 1 N–H and O–H groups in total. The number of hydrogen-bond acceptors (Lipinski definition) is 4. The normalized spacial score (nSPS) is 17.5. The van der Waals surface area contributed by atoms with Crippen LogP contribution in [0.4, 0.5) is 0 Å². The molecule has 2 aromatic carbocycles. The molecule has 2 fully saturated rings. The van der Waals surface area contributed by atoms with Crippen molar-refractivity contribution in [1.29, 1.82) is 0 Å². The number of imidazole rings is 1. The highest BCUT2D eigenvalue weighted by Gasteiger charge is 2.53. The number of carbonyl (C=O) groups is 2. The SMILES string of the molecule is C[C@@H](NC(=O)CC1CC2(C1)CN(C(=O)COc1cccc3ccccc13)C2)c1cnc2ccccn12. The van der Waals surface area contributed by atoms with Crippen molar-refractivity contribution in [3.63, 3.8) is 0 Å². The topological polar surface area (TPSA) is 75.9 Å². The van der Waals surface area contributed by atoms with Gasteiger partial charge in [0.15, 0.2) is 6.61 Å². The van der Waals surface area contributed by atoms with Crippen LogP contribution in [0, 0.1) is 11.3 Å². The molecular formula is C29H30N4O3. The molecule has 6 rings (SSSR count). The number of fused-ring (bicyclic) bond motifs is 2. The minimum Gasteiger partial charge on any atom is -0.483 e. The van der Waals surface area contributed by atoms with Crippen molar-refractivity contribution in [2.24, 2.45) is 11.3 Å². The molecule has 36 heavy (non-hydrogen) atoms. The van der Waals surface area contributed by atoms with Gasteiger partial charge in [-0.2, -0.15) is 0 Å². The van der Waals surface area contributed by atoms with Crippen LogP contribution in [0.15, 0.2) is 73.1 Å². The standard InChI is InChI=1S/C29H30N4O3/c1-20(24-16-30-26-11-4-5-12-33(24)26)31-27(34)13-21-14-29(15-21)18-32(19-29)28(35)17-36-25-10-6-8-22-7-2-3-9-23(22)25/h2-12,16,20-21H,13-15,17-19H2,1H3,(H,31,34)/t20-/m1/s1. The van der Waals surface area contributed by atoms with Gasteiger partial charge in [0.1, 0.15) is 11.4 Å². The van der Waals surface area contributed by atoms with Gasteiger partial charge in [-0.1, -0.05) is 42.5 Å². The van der Waals surface area contributed by atoms with Crippen molar-refractivity contribution in [2.45, 2.75) is 32.2 Å². The molecule has 1 spiro atoms. The van der Waals surface area contributed by atoms with E-state index in [1.807, 2.05) is 89.3 Å². The van der Waals surface area contributed by atoms with E-state index in [1.165, 1.54) is 0 Å². The monoisotopic (exact) mass is 482 g/mol. The molecule has 7 heteroatoms. The van der Waals surface area contributed by atoms with Gasteiger partial charge in [0, 0.05) is 36.5 Å². The molecule has 3 heterocycles. The maximum Gasteiger partial charge on any atom is 0.260 e. The van der Waals surface area contributed by atoms with E-state index in [1.54, 1.807) is 0 Å². The van der Waals surface area contributed by atoms with Crippen LogP contribution in [0.3, 0.4) is 0 Å². The molecule has 1 aliphatic carbocycles. The molecule has 2 aromatic heterocycles. The van der Waals surface area contributed by atoms with Gasteiger partial charge in [-0.25, -0.2) is 4.98 Å². The van der Waals surface area contributed by atoms with Crippen LogP contribution in [0.5, 0.6) is 5.75 Å². The molecule has 0 bridgehead atoms. The highest BCUT2D eigenvalue weighted by molar-refractivity contribution is 5.88. The maximum absolute atomic E-state index is 12.7. The van der Waals surface area contributed by atoms with Crippen LogP contribution in [-0.2, 0) is 9.59 Å². The number of ether oxygens (including phenoxy) is 1. The van der Waals surface area contributed by atoms with E-state index in [2.05, 4.69) is 10.3 Å². The lowest BCUT2D eigenvalue weighted by molar-refractivity contribution is -0.158. The lowest BCUT2D eigenvalue weighted by Gasteiger charge is -2.59. The second-order valence-electron chi connectivity index (χ2n) is 10.4. The summed E-state index contributed by atoms with van der Waals surface area (Å²) in [6.45, 7) is 3.57. The van der Waals surface area contributed by atoms with Crippen molar-refractivity contribution < 1.29 is 14.3 Å². The second kappa shape index (κ2) is 8.97. The Morgan fingerprint density at radius 3 is 2.72 bits per heavy atom. The number of nitrogens with zero attached hydrogens (tertiary/aromatic N) is 3. The number of hydrogen-bond donors (Lipinski definition) is 1. The Balaban J connectivity index is 0.948. The van der Waals surface area contributed by atoms with Gasteiger partial charge in [-0.05, 0) is 49.3 Å². The smallest absolute Gasteiger partial charge is 0.260 e. The number of benzene rings is 2. The summed E-state index contributed by atoms with van der Waals surface area (Å²) >= 11 is 0. The van der Waals surface area contributed by atoms with E-state index in [0.29, 0.717) is 12.3 Å². The molecule has 4 aromatic rings. The largest absolute Gasteiger partial charge is 0.483 e. The number of rotatable bonds is 7. The summed E-state index contributed by atoms with van der Waals surface area (Å²) in [6, 6.07) is 19.7. The average Bonchev–Trinajstić information content (AvgIpc) is 3.27. The third-order valence-corrected chi connectivity index (χ3v) is 7.69. The van der Waals surface area contributed by atoms with Gasteiger partial charge in [0.2, 0.25) is 5.91 Å². The van der Waals surface area contributed by atoms with Crippen molar-refractivity contribution >= 4 is 28.2 Å². The predicted octanol–water partition coefficient (Wildman–Crippen LogP) is 4.37. The number of nitrogens with one attached hydrogen (secondary N) is 1. The van der Waals surface area contributed by atoms with Crippen LogP contribution >= 0.6 is 0 Å². The number of amides is 2. The first-order chi connectivity index (χ1) is 17.5. The van der Waals surface area contributed by atoms with Gasteiger partial charge in [-0.15, -0.1) is 0 Å². The molecule has 1 aliphatic heterocycles. The second-order valence-corrected chi connectivity index (χ2v) is 10.4. The fourth-order valence-corrected chi connectivity index (χ4v) is 5.97. The van der Waals surface area contributed by atoms with E-state index >= 15 is 0 Å². The Morgan fingerprint density at radius 2 is 1.86 bits per heavy atom. The van der Waals surface area contributed by atoms with Gasteiger partial charge in [0.25, 0.3) is 5.91 Å². The van der Waals surface area contributed by atoms with E-state index in [4.69, 9.17) is 4.74 Å². The summed E-state index contributed by atoms with van der Waals surface area (Å²) in [5, 5.41) is 5.25. The first-order valence-corrected chi connectivity index (χ1v) is 12.6. The Kier molecular flexibility index (Phi) is 5.63. The van der Waals surface area contributed by atoms with Gasteiger partial charge < -0.3 is 19.4 Å². The van der Waals surface area contributed by atoms with Crippen molar-refractivity contribution in [1.82, 2.24) is 19.6 Å². The number of aromatic nitrogens is 2. The first kappa shape index (κ1) is 22.6. The third kappa shape index (κ3) is 4.19.